The van der Waals surface area contributed by atoms with Gasteiger partial charge in [-0.25, -0.2) is 13.8 Å². The first-order valence-corrected chi connectivity index (χ1v) is 10.2. The lowest BCUT2D eigenvalue weighted by Gasteiger charge is -2.08. The number of hydrogen-bond acceptors (Lipinski definition) is 3. The summed E-state index contributed by atoms with van der Waals surface area (Å²) in [4.78, 5) is 4.92. The van der Waals surface area contributed by atoms with Crippen molar-refractivity contribution in [1.82, 2.24) is 4.98 Å². The molecule has 5 heteroatoms. The molecule has 2 nitrogen and oxygen atoms in total. The number of benzene rings is 4. The summed E-state index contributed by atoms with van der Waals surface area (Å²) in [6.45, 7) is 0. The van der Waals surface area contributed by atoms with Gasteiger partial charge >= 0.3 is 0 Å². The predicted molar refractivity (Wildman–Crippen MR) is 120 cm³/mol. The number of hydrogen-bond donors (Lipinski definition) is 1. The number of rotatable bonds is 3. The normalized spacial score (nSPS) is 11.1. The maximum Gasteiger partial charge on any atom is 0.126 e. The first-order chi connectivity index (χ1) is 14.6. The summed E-state index contributed by atoms with van der Waals surface area (Å²) >= 11 is 1.54. The Hall–Kier alpha value is -3.57. The smallest absolute Gasteiger partial charge is 0.126 e. The average Bonchev–Trinajstić information content (AvgIpc) is 3.20. The summed E-state index contributed by atoms with van der Waals surface area (Å²) < 4.78 is 27.9. The van der Waals surface area contributed by atoms with Crippen molar-refractivity contribution in [2.24, 2.45) is 0 Å². The van der Waals surface area contributed by atoms with Crippen molar-refractivity contribution in [3.05, 3.63) is 96.6 Å². The fraction of sp³-hybridized carbons (Fsp3) is 0. The molecular weight excluding hydrogens is 398 g/mol. The Morgan fingerprint density at radius 1 is 0.633 bits per heavy atom. The molecule has 0 aliphatic rings. The second kappa shape index (κ2) is 7.35. The zero-order chi connectivity index (χ0) is 20.7. The maximum absolute atomic E-state index is 13.4. The van der Waals surface area contributed by atoms with Crippen LogP contribution in [0.1, 0.15) is 0 Å². The highest BCUT2D eigenvalue weighted by molar-refractivity contribution is 7.22. The Morgan fingerprint density at radius 2 is 1.20 bits per heavy atom. The molecular formula is C25H16F2N2S. The lowest BCUT2D eigenvalue weighted by atomic mass is 9.99. The molecule has 146 valence electrons. The van der Waals surface area contributed by atoms with Gasteiger partial charge in [-0.3, -0.25) is 0 Å². The van der Waals surface area contributed by atoms with Crippen LogP contribution in [0.3, 0.4) is 0 Å². The summed E-state index contributed by atoms with van der Waals surface area (Å²) in [6.07, 6.45) is 0. The molecule has 0 amide bonds. The van der Waals surface area contributed by atoms with E-state index in [-0.39, 0.29) is 11.6 Å². The third kappa shape index (κ3) is 3.23. The van der Waals surface area contributed by atoms with E-state index in [1.807, 2.05) is 36.4 Å². The molecule has 0 aliphatic heterocycles. The van der Waals surface area contributed by atoms with Gasteiger partial charge in [-0.2, -0.15) is 0 Å². The van der Waals surface area contributed by atoms with Crippen LogP contribution in [0.5, 0.6) is 0 Å². The van der Waals surface area contributed by atoms with Crippen LogP contribution in [-0.4, -0.2) is 4.98 Å². The van der Waals surface area contributed by atoms with E-state index in [2.05, 4.69) is 0 Å². The second-order valence-corrected chi connectivity index (χ2v) is 7.96. The van der Waals surface area contributed by atoms with Crippen LogP contribution in [0, 0.1) is 11.6 Å². The number of nitrogen functional groups attached to an aromatic ring is 1. The zero-order valence-electron chi connectivity index (χ0n) is 15.8. The van der Waals surface area contributed by atoms with E-state index in [1.165, 1.54) is 24.3 Å². The number of thiazole rings is 1. The van der Waals surface area contributed by atoms with Crippen LogP contribution < -0.4 is 5.73 Å². The Morgan fingerprint density at radius 3 is 1.83 bits per heavy atom. The first kappa shape index (κ1) is 18.5. The van der Waals surface area contributed by atoms with E-state index in [0.29, 0.717) is 5.69 Å². The van der Waals surface area contributed by atoms with Crippen LogP contribution in [0.15, 0.2) is 84.9 Å². The van der Waals surface area contributed by atoms with E-state index in [9.17, 15) is 8.78 Å². The number of fused-ring (bicyclic) bond motifs is 1. The molecule has 0 saturated carbocycles. The average molecular weight is 414 g/mol. The Balaban J connectivity index is 1.78. The standard InChI is InChI=1S/C25H16F2N2S/c26-17-9-5-15(6-10-17)19-13-14-20(16-7-11-18(27)12-8-16)24-23(19)29-25(30-24)21-3-1-2-4-22(21)28/h1-14H,28H2. The molecule has 0 bridgehead atoms. The van der Waals surface area contributed by atoms with Gasteiger partial charge in [0.05, 0.1) is 10.2 Å². The second-order valence-electron chi connectivity index (χ2n) is 6.96. The summed E-state index contributed by atoms with van der Waals surface area (Å²) in [6, 6.07) is 24.4. The number of nitrogens with zero attached hydrogens (tertiary/aromatic N) is 1. The molecule has 0 fully saturated rings. The van der Waals surface area contributed by atoms with Crippen molar-refractivity contribution in [1.29, 1.82) is 0 Å². The van der Waals surface area contributed by atoms with Crippen LogP contribution in [0.25, 0.3) is 43.0 Å². The third-order valence-corrected chi connectivity index (χ3v) is 6.17. The third-order valence-electron chi connectivity index (χ3n) is 5.05. The molecule has 0 unspecified atom stereocenters. The van der Waals surface area contributed by atoms with Crippen LogP contribution >= 0.6 is 11.3 Å². The van der Waals surface area contributed by atoms with Gasteiger partial charge < -0.3 is 5.73 Å². The molecule has 5 aromatic rings. The molecule has 2 N–H and O–H groups in total. The van der Waals surface area contributed by atoms with E-state index in [1.54, 1.807) is 35.6 Å². The molecule has 0 spiro atoms. The summed E-state index contributed by atoms with van der Waals surface area (Å²) in [5.74, 6) is -0.561. The number of nitrogens with two attached hydrogens (primary N) is 1. The minimum absolute atomic E-state index is 0.278. The van der Waals surface area contributed by atoms with Crippen LogP contribution in [-0.2, 0) is 0 Å². The lowest BCUT2D eigenvalue weighted by Crippen LogP contribution is -1.88. The van der Waals surface area contributed by atoms with Gasteiger partial charge in [0, 0.05) is 22.4 Å². The molecule has 0 radical (unpaired) electrons. The van der Waals surface area contributed by atoms with Crippen LogP contribution in [0.2, 0.25) is 0 Å². The maximum atomic E-state index is 13.4. The monoisotopic (exact) mass is 414 g/mol. The molecule has 1 aromatic heterocycles. The largest absolute Gasteiger partial charge is 0.398 e. The number of para-hydroxylation sites is 1. The molecule has 4 aromatic carbocycles. The fourth-order valence-electron chi connectivity index (χ4n) is 3.53. The lowest BCUT2D eigenvalue weighted by molar-refractivity contribution is 0.627. The zero-order valence-corrected chi connectivity index (χ0v) is 16.6. The summed E-state index contributed by atoms with van der Waals surface area (Å²) in [7, 11) is 0. The molecule has 0 saturated heterocycles. The Kier molecular flexibility index (Phi) is 4.52. The van der Waals surface area contributed by atoms with Gasteiger partial charge in [-0.1, -0.05) is 48.5 Å². The summed E-state index contributed by atoms with van der Waals surface area (Å²) in [5, 5.41) is 0.807. The van der Waals surface area contributed by atoms with Crippen molar-refractivity contribution in [2.45, 2.75) is 0 Å². The van der Waals surface area contributed by atoms with Gasteiger partial charge in [-0.15, -0.1) is 11.3 Å². The van der Waals surface area contributed by atoms with Crippen molar-refractivity contribution < 1.29 is 8.78 Å². The highest BCUT2D eigenvalue weighted by atomic mass is 32.1. The minimum Gasteiger partial charge on any atom is -0.398 e. The fourth-order valence-corrected chi connectivity index (χ4v) is 4.71. The highest BCUT2D eigenvalue weighted by Crippen LogP contribution is 2.42. The van der Waals surface area contributed by atoms with E-state index >= 15 is 0 Å². The molecule has 0 atom stereocenters. The van der Waals surface area contributed by atoms with E-state index < -0.39 is 0 Å². The SMILES string of the molecule is Nc1ccccc1-c1nc2c(-c3ccc(F)cc3)ccc(-c3ccc(F)cc3)c2s1. The van der Waals surface area contributed by atoms with Gasteiger partial charge in [0.15, 0.2) is 0 Å². The Bertz CT molecular complexity index is 1270. The van der Waals surface area contributed by atoms with Gasteiger partial charge in [0.2, 0.25) is 0 Å². The topological polar surface area (TPSA) is 38.9 Å². The summed E-state index contributed by atoms with van der Waals surface area (Å²) in [5.41, 5.74) is 12.2. The van der Waals surface area contributed by atoms with E-state index in [0.717, 1.165) is 43.0 Å². The minimum atomic E-state index is -0.283. The predicted octanol–water partition coefficient (Wildman–Crippen LogP) is 7.16. The molecule has 1 heterocycles. The van der Waals surface area contributed by atoms with Crippen LogP contribution in [0.4, 0.5) is 14.5 Å². The molecule has 30 heavy (non-hydrogen) atoms. The first-order valence-electron chi connectivity index (χ1n) is 9.40. The highest BCUT2D eigenvalue weighted by Gasteiger charge is 2.17. The Labute approximate surface area is 176 Å². The quantitative estimate of drug-likeness (QED) is 0.318. The van der Waals surface area contributed by atoms with E-state index in [4.69, 9.17) is 10.7 Å². The number of halogens is 2. The van der Waals surface area contributed by atoms with Gasteiger partial charge in [0.25, 0.3) is 0 Å². The molecule has 5 rings (SSSR count). The number of anilines is 1. The van der Waals surface area contributed by atoms with Gasteiger partial charge in [0.1, 0.15) is 16.6 Å². The van der Waals surface area contributed by atoms with Crippen molar-refractivity contribution in [3.63, 3.8) is 0 Å². The van der Waals surface area contributed by atoms with Crippen molar-refractivity contribution in [2.75, 3.05) is 5.73 Å². The van der Waals surface area contributed by atoms with Crippen molar-refractivity contribution >= 4 is 27.2 Å². The molecule has 0 aliphatic carbocycles. The van der Waals surface area contributed by atoms with Crippen molar-refractivity contribution in [3.8, 4) is 32.8 Å². The van der Waals surface area contributed by atoms with Gasteiger partial charge in [-0.05, 0) is 47.5 Å². The number of aromatic nitrogens is 1.